The quantitative estimate of drug-likeness (QED) is 0.625. The molecule has 0 bridgehead atoms. The van der Waals surface area contributed by atoms with Gasteiger partial charge in [0.05, 0.1) is 12.7 Å². The molecule has 1 atom stereocenters. The normalized spacial score (nSPS) is 14.0. The van der Waals surface area contributed by atoms with Crippen LogP contribution in [0, 0.1) is 0 Å². The monoisotopic (exact) mass is 316 g/mol. The zero-order valence-corrected chi connectivity index (χ0v) is 14.0. The van der Waals surface area contributed by atoms with Crippen molar-refractivity contribution in [3.63, 3.8) is 0 Å². The Morgan fingerprint density at radius 2 is 1.91 bits per heavy atom. The summed E-state index contributed by atoms with van der Waals surface area (Å²) in [4.78, 5) is 24.1. The topological polar surface area (TPSA) is 61.8 Å². The van der Waals surface area contributed by atoms with Crippen molar-refractivity contribution in [2.24, 2.45) is 0 Å². The molecule has 0 saturated carbocycles. The van der Waals surface area contributed by atoms with Gasteiger partial charge in [0, 0.05) is 17.2 Å². The number of esters is 1. The molecular weight excluding hydrogens is 296 g/mol. The Hall–Kier alpha value is -2.56. The van der Waals surface area contributed by atoms with Crippen LogP contribution in [0.25, 0.3) is 0 Å². The molecule has 122 valence electrons. The van der Waals surface area contributed by atoms with Crippen LogP contribution < -0.4 is 9.47 Å². The van der Waals surface area contributed by atoms with Crippen molar-refractivity contribution in [3.05, 3.63) is 46.7 Å². The van der Waals surface area contributed by atoms with Gasteiger partial charge in [-0.2, -0.15) is 0 Å². The van der Waals surface area contributed by atoms with Crippen LogP contribution >= 0.6 is 0 Å². The second kappa shape index (κ2) is 6.28. The number of ketones is 1. The highest BCUT2D eigenvalue weighted by Gasteiger charge is 2.31. The van der Waals surface area contributed by atoms with Gasteiger partial charge in [-0.15, -0.1) is 0 Å². The van der Waals surface area contributed by atoms with Gasteiger partial charge in [0.1, 0.15) is 17.6 Å². The van der Waals surface area contributed by atoms with E-state index in [4.69, 9.17) is 14.2 Å². The Kier molecular flexibility index (Phi) is 4.59. The zero-order valence-electron chi connectivity index (χ0n) is 14.0. The molecule has 0 amide bonds. The lowest BCUT2D eigenvalue weighted by Crippen LogP contribution is -2.10. The summed E-state index contributed by atoms with van der Waals surface area (Å²) in [5, 5.41) is 0. The number of methoxy groups -OCH3 is 1. The Morgan fingerprint density at radius 3 is 2.43 bits per heavy atom. The van der Waals surface area contributed by atoms with Crippen molar-refractivity contribution in [1.82, 2.24) is 0 Å². The van der Waals surface area contributed by atoms with Gasteiger partial charge in [0.2, 0.25) is 5.78 Å². The highest BCUT2D eigenvalue weighted by molar-refractivity contribution is 6.12. The zero-order chi connectivity index (χ0) is 17.3. The first kappa shape index (κ1) is 16.8. The lowest BCUT2D eigenvalue weighted by molar-refractivity contribution is -0.143. The van der Waals surface area contributed by atoms with Crippen molar-refractivity contribution in [2.75, 3.05) is 7.11 Å². The molecule has 0 fully saturated rings. The van der Waals surface area contributed by atoms with E-state index in [2.05, 4.69) is 6.58 Å². The van der Waals surface area contributed by atoms with Gasteiger partial charge in [0.15, 0.2) is 5.76 Å². The van der Waals surface area contributed by atoms with Crippen LogP contribution in [0.5, 0.6) is 11.5 Å². The van der Waals surface area contributed by atoms with Crippen molar-refractivity contribution in [2.45, 2.75) is 33.8 Å². The van der Waals surface area contributed by atoms with Gasteiger partial charge in [-0.3, -0.25) is 4.79 Å². The molecule has 1 aromatic carbocycles. The molecule has 5 heteroatoms. The van der Waals surface area contributed by atoms with Gasteiger partial charge in [-0.25, -0.2) is 4.79 Å². The van der Waals surface area contributed by atoms with E-state index in [0.717, 1.165) is 5.57 Å². The Balaban J connectivity index is 2.44. The number of carbonyl (C=O) groups excluding carboxylic acids is 2. The molecule has 1 aliphatic rings. The maximum absolute atomic E-state index is 12.4. The molecule has 0 spiro atoms. The molecule has 0 aromatic heterocycles. The Labute approximate surface area is 135 Å². The minimum atomic E-state index is -0.581. The van der Waals surface area contributed by atoms with E-state index in [-0.39, 0.29) is 5.78 Å². The number of hydrogen-bond acceptors (Lipinski definition) is 5. The fourth-order valence-corrected chi connectivity index (χ4v) is 2.27. The third-order valence-corrected chi connectivity index (χ3v) is 3.52. The molecule has 0 unspecified atom stereocenters. The number of fused-ring (bicyclic) bond motifs is 1. The summed E-state index contributed by atoms with van der Waals surface area (Å²) < 4.78 is 16.3. The first-order valence-corrected chi connectivity index (χ1v) is 7.24. The molecule has 1 heterocycles. The summed E-state index contributed by atoms with van der Waals surface area (Å²) in [6, 6.07) is 3.30. The van der Waals surface area contributed by atoms with E-state index in [1.807, 2.05) is 13.8 Å². The molecule has 23 heavy (non-hydrogen) atoms. The summed E-state index contributed by atoms with van der Waals surface area (Å²) in [6.45, 7) is 10.5. The number of rotatable bonds is 4. The van der Waals surface area contributed by atoms with E-state index < -0.39 is 12.1 Å². The molecule has 1 aliphatic heterocycles. The number of benzene rings is 1. The van der Waals surface area contributed by atoms with Gasteiger partial charge in [-0.05, 0) is 39.3 Å². The van der Waals surface area contributed by atoms with E-state index in [1.54, 1.807) is 26.0 Å². The van der Waals surface area contributed by atoms with Crippen LogP contribution in [0.3, 0.4) is 0 Å². The third kappa shape index (κ3) is 3.13. The number of Topliss-reactive ketones (excluding diaryl/α,β-unsaturated/α-hetero) is 1. The van der Waals surface area contributed by atoms with Crippen molar-refractivity contribution < 1.29 is 23.8 Å². The van der Waals surface area contributed by atoms with E-state index in [9.17, 15) is 9.59 Å². The number of hydrogen-bond donors (Lipinski definition) is 0. The second-order valence-corrected chi connectivity index (χ2v) is 5.68. The van der Waals surface area contributed by atoms with Crippen molar-refractivity contribution in [3.8, 4) is 11.5 Å². The molecule has 0 radical (unpaired) electrons. The average Bonchev–Trinajstić information content (AvgIpc) is 2.82. The van der Waals surface area contributed by atoms with E-state index in [0.29, 0.717) is 34.0 Å². The van der Waals surface area contributed by atoms with Crippen LogP contribution in [0.2, 0.25) is 0 Å². The van der Waals surface area contributed by atoms with Gasteiger partial charge in [0.25, 0.3) is 0 Å². The summed E-state index contributed by atoms with van der Waals surface area (Å²) in [5.74, 6) is 0.597. The fourth-order valence-electron chi connectivity index (χ4n) is 2.27. The Morgan fingerprint density at radius 1 is 1.26 bits per heavy atom. The molecule has 5 nitrogen and oxygen atoms in total. The standard InChI is InChI=1S/C18H20O5/c1-9(2)17-16(19)13-7-12(11(5)22-18(20)10(3)4)14(21-6)8-15(13)23-17/h7-8,11H,3H2,1-2,4-6H3/t11-/m0/s1. The maximum Gasteiger partial charge on any atom is 0.333 e. The van der Waals surface area contributed by atoms with Gasteiger partial charge in [-0.1, -0.05) is 6.58 Å². The van der Waals surface area contributed by atoms with Crippen LogP contribution in [0.15, 0.2) is 35.6 Å². The predicted octanol–water partition coefficient (Wildman–Crippen LogP) is 3.74. The van der Waals surface area contributed by atoms with Crippen LogP contribution in [-0.2, 0) is 9.53 Å². The van der Waals surface area contributed by atoms with Crippen molar-refractivity contribution >= 4 is 11.8 Å². The van der Waals surface area contributed by atoms with Crippen LogP contribution in [0.4, 0.5) is 0 Å². The average molecular weight is 316 g/mol. The molecule has 1 aromatic rings. The Bertz CT molecular complexity index is 723. The smallest absolute Gasteiger partial charge is 0.333 e. The number of allylic oxidation sites excluding steroid dienone is 2. The van der Waals surface area contributed by atoms with E-state index >= 15 is 0 Å². The molecule has 0 saturated heterocycles. The summed E-state index contributed by atoms with van der Waals surface area (Å²) in [5.41, 5.74) is 2.15. The van der Waals surface area contributed by atoms with Crippen molar-refractivity contribution in [1.29, 1.82) is 0 Å². The number of ether oxygens (including phenoxy) is 3. The third-order valence-electron chi connectivity index (χ3n) is 3.52. The molecule has 0 N–H and O–H groups in total. The van der Waals surface area contributed by atoms with E-state index in [1.165, 1.54) is 7.11 Å². The van der Waals surface area contributed by atoms with Crippen LogP contribution in [-0.4, -0.2) is 18.9 Å². The van der Waals surface area contributed by atoms with Gasteiger partial charge >= 0.3 is 5.97 Å². The largest absolute Gasteiger partial charge is 0.496 e. The first-order valence-electron chi connectivity index (χ1n) is 7.24. The lowest BCUT2D eigenvalue weighted by atomic mass is 10.0. The predicted molar refractivity (Wildman–Crippen MR) is 85.6 cm³/mol. The highest BCUT2D eigenvalue weighted by Crippen LogP contribution is 2.40. The number of carbonyl (C=O) groups is 2. The lowest BCUT2D eigenvalue weighted by Gasteiger charge is -2.17. The maximum atomic E-state index is 12.4. The molecule has 0 aliphatic carbocycles. The fraction of sp³-hybridized carbons (Fsp3) is 0.333. The minimum Gasteiger partial charge on any atom is -0.496 e. The summed E-state index contributed by atoms with van der Waals surface area (Å²) >= 11 is 0. The molecule has 2 rings (SSSR count). The van der Waals surface area contributed by atoms with Gasteiger partial charge < -0.3 is 14.2 Å². The SMILES string of the molecule is C=C(C)C(=O)O[C@@H](C)c1cc2c(cc1OC)OC(=C(C)C)C2=O. The summed E-state index contributed by atoms with van der Waals surface area (Å²) in [7, 11) is 1.51. The summed E-state index contributed by atoms with van der Waals surface area (Å²) in [6.07, 6.45) is -0.581. The van der Waals surface area contributed by atoms with Crippen LogP contribution in [0.1, 0.15) is 49.7 Å². The molecular formula is C18H20O5. The minimum absolute atomic E-state index is 0.178. The first-order chi connectivity index (χ1) is 10.8. The highest BCUT2D eigenvalue weighted by atomic mass is 16.5. The second-order valence-electron chi connectivity index (χ2n) is 5.68.